The number of ether oxygens (including phenoxy) is 1. The van der Waals surface area contributed by atoms with E-state index in [1.165, 1.54) is 25.1 Å². The molecule has 0 bridgehead atoms. The van der Waals surface area contributed by atoms with Gasteiger partial charge in [-0.2, -0.15) is 0 Å². The molecule has 0 unspecified atom stereocenters. The van der Waals surface area contributed by atoms with E-state index in [0.29, 0.717) is 15.6 Å². The highest BCUT2D eigenvalue weighted by Crippen LogP contribution is 2.31. The summed E-state index contributed by atoms with van der Waals surface area (Å²) in [6, 6.07) is 11.3. The number of rotatable bonds is 3. The minimum atomic E-state index is -0.444. The van der Waals surface area contributed by atoms with Crippen molar-refractivity contribution in [1.29, 1.82) is 0 Å². The second kappa shape index (κ2) is 5.89. The standard InChI is InChI=1S/C13H10ClNO2S/c1-17-13(16)9-7-11(14)12(15-8-9)18-10-5-3-2-4-6-10/h2-8H,1H3. The molecular weight excluding hydrogens is 270 g/mol. The lowest BCUT2D eigenvalue weighted by Crippen LogP contribution is -2.02. The fraction of sp³-hybridized carbons (Fsp3) is 0.0769. The van der Waals surface area contributed by atoms with Gasteiger partial charge >= 0.3 is 5.97 Å². The van der Waals surface area contributed by atoms with E-state index in [1.807, 2.05) is 30.3 Å². The molecule has 0 amide bonds. The molecule has 0 fully saturated rings. The number of aromatic nitrogens is 1. The number of carbonyl (C=O) groups excluding carboxylic acids is 1. The van der Waals surface area contributed by atoms with Gasteiger partial charge in [0.25, 0.3) is 0 Å². The lowest BCUT2D eigenvalue weighted by Gasteiger charge is -2.04. The van der Waals surface area contributed by atoms with Gasteiger partial charge in [0.1, 0.15) is 5.03 Å². The number of hydrogen-bond acceptors (Lipinski definition) is 4. The molecule has 1 aromatic heterocycles. The third-order valence-corrected chi connectivity index (χ3v) is 3.61. The van der Waals surface area contributed by atoms with E-state index in [1.54, 1.807) is 6.07 Å². The molecule has 3 nitrogen and oxygen atoms in total. The molecule has 1 heterocycles. The van der Waals surface area contributed by atoms with E-state index in [4.69, 9.17) is 11.6 Å². The van der Waals surface area contributed by atoms with Crippen molar-refractivity contribution in [2.24, 2.45) is 0 Å². The minimum Gasteiger partial charge on any atom is -0.465 e. The summed E-state index contributed by atoms with van der Waals surface area (Å²) in [5, 5.41) is 1.10. The first-order chi connectivity index (χ1) is 8.70. The van der Waals surface area contributed by atoms with Crippen LogP contribution in [0.15, 0.2) is 52.5 Å². The van der Waals surface area contributed by atoms with Crippen LogP contribution in [0.5, 0.6) is 0 Å². The SMILES string of the molecule is COC(=O)c1cnc(Sc2ccccc2)c(Cl)c1. The van der Waals surface area contributed by atoms with Crippen LogP contribution >= 0.6 is 23.4 Å². The maximum Gasteiger partial charge on any atom is 0.339 e. The summed E-state index contributed by atoms with van der Waals surface area (Å²) in [4.78, 5) is 16.5. The smallest absolute Gasteiger partial charge is 0.339 e. The Morgan fingerprint density at radius 2 is 2.06 bits per heavy atom. The van der Waals surface area contributed by atoms with Gasteiger partial charge in [-0.05, 0) is 18.2 Å². The van der Waals surface area contributed by atoms with Crippen LogP contribution in [0.1, 0.15) is 10.4 Å². The molecule has 5 heteroatoms. The first-order valence-electron chi connectivity index (χ1n) is 5.17. The minimum absolute atomic E-state index is 0.347. The fourth-order valence-corrected chi connectivity index (χ4v) is 2.39. The van der Waals surface area contributed by atoms with Crippen LogP contribution in [-0.2, 0) is 4.74 Å². The Morgan fingerprint density at radius 1 is 1.33 bits per heavy atom. The molecule has 0 N–H and O–H groups in total. The number of benzene rings is 1. The normalized spacial score (nSPS) is 10.1. The van der Waals surface area contributed by atoms with Crippen LogP contribution in [0.2, 0.25) is 5.02 Å². The predicted octanol–water partition coefficient (Wildman–Crippen LogP) is 3.67. The Morgan fingerprint density at radius 3 is 2.67 bits per heavy atom. The zero-order chi connectivity index (χ0) is 13.0. The molecular formula is C13H10ClNO2S. The monoisotopic (exact) mass is 279 g/mol. The molecule has 0 radical (unpaired) electrons. The number of pyridine rings is 1. The van der Waals surface area contributed by atoms with Gasteiger partial charge in [0, 0.05) is 11.1 Å². The number of nitrogens with zero attached hydrogens (tertiary/aromatic N) is 1. The summed E-state index contributed by atoms with van der Waals surface area (Å²) in [7, 11) is 1.32. The van der Waals surface area contributed by atoms with Crippen LogP contribution in [-0.4, -0.2) is 18.1 Å². The third-order valence-electron chi connectivity index (χ3n) is 2.19. The van der Waals surface area contributed by atoms with E-state index in [-0.39, 0.29) is 0 Å². The molecule has 0 aliphatic rings. The quantitative estimate of drug-likeness (QED) is 0.804. The van der Waals surface area contributed by atoms with Crippen molar-refractivity contribution in [3.05, 3.63) is 53.2 Å². The zero-order valence-electron chi connectivity index (χ0n) is 9.59. The van der Waals surface area contributed by atoms with Gasteiger partial charge < -0.3 is 4.74 Å². The molecule has 2 rings (SSSR count). The van der Waals surface area contributed by atoms with Gasteiger partial charge in [0.05, 0.1) is 17.7 Å². The summed E-state index contributed by atoms with van der Waals surface area (Å²) in [5.41, 5.74) is 0.347. The van der Waals surface area contributed by atoms with Gasteiger partial charge in [0.2, 0.25) is 0 Å². The Balaban J connectivity index is 2.23. The van der Waals surface area contributed by atoms with Crippen LogP contribution in [0.3, 0.4) is 0 Å². The maximum absolute atomic E-state index is 11.3. The van der Waals surface area contributed by atoms with Crippen LogP contribution in [0, 0.1) is 0 Å². The van der Waals surface area contributed by atoms with Crippen LogP contribution < -0.4 is 0 Å². The highest BCUT2D eigenvalue weighted by Gasteiger charge is 2.10. The van der Waals surface area contributed by atoms with Crippen molar-refractivity contribution in [1.82, 2.24) is 4.98 Å². The fourth-order valence-electron chi connectivity index (χ4n) is 1.33. The summed E-state index contributed by atoms with van der Waals surface area (Å²) >= 11 is 7.54. The first kappa shape index (κ1) is 12.9. The topological polar surface area (TPSA) is 39.2 Å². The van der Waals surface area contributed by atoms with E-state index >= 15 is 0 Å². The van der Waals surface area contributed by atoms with Crippen molar-refractivity contribution in [2.75, 3.05) is 7.11 Å². The molecule has 0 saturated carbocycles. The summed E-state index contributed by atoms with van der Waals surface area (Å²) < 4.78 is 4.61. The second-order valence-electron chi connectivity index (χ2n) is 3.42. The van der Waals surface area contributed by atoms with Crippen molar-refractivity contribution < 1.29 is 9.53 Å². The lowest BCUT2D eigenvalue weighted by molar-refractivity contribution is 0.0600. The number of methoxy groups -OCH3 is 1. The van der Waals surface area contributed by atoms with Gasteiger partial charge in [-0.25, -0.2) is 9.78 Å². The number of esters is 1. The number of halogens is 1. The molecule has 0 spiro atoms. The summed E-state index contributed by atoms with van der Waals surface area (Å²) in [6.45, 7) is 0. The van der Waals surface area contributed by atoms with Gasteiger partial charge in [-0.3, -0.25) is 0 Å². The van der Waals surface area contributed by atoms with Crippen LogP contribution in [0.25, 0.3) is 0 Å². The zero-order valence-corrected chi connectivity index (χ0v) is 11.2. The molecule has 0 saturated heterocycles. The Bertz CT molecular complexity index is 560. The number of hydrogen-bond donors (Lipinski definition) is 0. The van der Waals surface area contributed by atoms with E-state index in [2.05, 4.69) is 9.72 Å². The molecule has 0 aliphatic heterocycles. The van der Waals surface area contributed by atoms with Gasteiger partial charge in [0.15, 0.2) is 0 Å². The third kappa shape index (κ3) is 3.03. The largest absolute Gasteiger partial charge is 0.465 e. The van der Waals surface area contributed by atoms with Gasteiger partial charge in [-0.15, -0.1) is 0 Å². The van der Waals surface area contributed by atoms with Crippen molar-refractivity contribution in [3.63, 3.8) is 0 Å². The first-order valence-corrected chi connectivity index (χ1v) is 6.37. The Hall–Kier alpha value is -1.52. The van der Waals surface area contributed by atoms with Crippen molar-refractivity contribution >= 4 is 29.3 Å². The molecule has 18 heavy (non-hydrogen) atoms. The molecule has 2 aromatic rings. The molecule has 1 aromatic carbocycles. The van der Waals surface area contributed by atoms with Gasteiger partial charge in [-0.1, -0.05) is 41.6 Å². The Labute approximate surface area is 114 Å². The Kier molecular flexibility index (Phi) is 4.23. The van der Waals surface area contributed by atoms with Crippen molar-refractivity contribution in [2.45, 2.75) is 9.92 Å². The summed E-state index contributed by atoms with van der Waals surface area (Å²) in [6.07, 6.45) is 1.46. The van der Waals surface area contributed by atoms with Crippen LogP contribution in [0.4, 0.5) is 0 Å². The predicted molar refractivity (Wildman–Crippen MR) is 71.2 cm³/mol. The highest BCUT2D eigenvalue weighted by atomic mass is 35.5. The summed E-state index contributed by atoms with van der Waals surface area (Å²) in [5.74, 6) is -0.444. The molecule has 0 atom stereocenters. The lowest BCUT2D eigenvalue weighted by atomic mass is 10.3. The van der Waals surface area contributed by atoms with E-state index < -0.39 is 5.97 Å². The van der Waals surface area contributed by atoms with Crippen molar-refractivity contribution in [3.8, 4) is 0 Å². The number of carbonyl (C=O) groups is 1. The van der Waals surface area contributed by atoms with E-state index in [9.17, 15) is 4.79 Å². The highest BCUT2D eigenvalue weighted by molar-refractivity contribution is 7.99. The molecule has 92 valence electrons. The molecule has 0 aliphatic carbocycles. The maximum atomic E-state index is 11.3. The average molecular weight is 280 g/mol. The van der Waals surface area contributed by atoms with E-state index in [0.717, 1.165) is 4.90 Å². The second-order valence-corrected chi connectivity index (χ2v) is 4.89. The average Bonchev–Trinajstić information content (AvgIpc) is 2.41.